The Balaban J connectivity index is 0.00000137. The van der Waals surface area contributed by atoms with Crippen LogP contribution in [-0.2, 0) is 0 Å². The van der Waals surface area contributed by atoms with E-state index >= 15 is 0 Å². The summed E-state index contributed by atoms with van der Waals surface area (Å²) in [6.07, 6.45) is 5.64. The van der Waals surface area contributed by atoms with Crippen molar-refractivity contribution in [1.82, 2.24) is 9.80 Å². The Bertz CT molecular complexity index is 281. The maximum Gasteiger partial charge on any atom is 0.0539 e. The summed E-state index contributed by atoms with van der Waals surface area (Å²) < 4.78 is 0. The monoisotopic (exact) mass is 251 g/mol. The van der Waals surface area contributed by atoms with Crippen molar-refractivity contribution in [3.05, 3.63) is 24.4 Å². The van der Waals surface area contributed by atoms with Gasteiger partial charge in [-0.1, -0.05) is 26.5 Å². The Hall–Kier alpha value is -0.930. The van der Waals surface area contributed by atoms with E-state index in [9.17, 15) is 0 Å². The molecule has 0 aromatic rings. The number of piperazine rings is 1. The molecule has 1 aliphatic rings. The van der Waals surface area contributed by atoms with Crippen LogP contribution in [0.5, 0.6) is 0 Å². The second-order valence-electron chi connectivity index (χ2n) is 4.36. The molecule has 1 fully saturated rings. The fraction of sp³-hybridized carbons (Fsp3) is 0.667. The van der Waals surface area contributed by atoms with Gasteiger partial charge in [-0.05, 0) is 27.0 Å². The molecule has 0 bridgehead atoms. The lowest BCUT2D eigenvalue weighted by molar-refractivity contribution is 0.109. The molecule has 1 rings (SSSR count). The summed E-state index contributed by atoms with van der Waals surface area (Å²) in [5.41, 5.74) is 1.09. The summed E-state index contributed by atoms with van der Waals surface area (Å²) in [6, 6.07) is 0.596. The molecule has 1 saturated heterocycles. The zero-order valence-electron chi connectivity index (χ0n) is 12.7. The number of hydrogen-bond donors (Lipinski definition) is 0. The van der Waals surface area contributed by atoms with Crippen molar-refractivity contribution in [2.45, 2.75) is 33.7 Å². The van der Waals surface area contributed by atoms with Crippen molar-refractivity contribution < 1.29 is 0 Å². The molecule has 0 aromatic carbocycles. The number of rotatable bonds is 4. The topological polar surface area (TPSA) is 18.8 Å². The minimum absolute atomic E-state index is 0.596. The Morgan fingerprint density at radius 2 is 2.06 bits per heavy atom. The van der Waals surface area contributed by atoms with Gasteiger partial charge in [-0.25, -0.2) is 0 Å². The molecule has 1 heterocycles. The molecule has 1 atom stereocenters. The molecule has 0 saturated carbocycles. The number of aliphatic imine (C=N–C) groups is 1. The molecule has 0 spiro atoms. The van der Waals surface area contributed by atoms with Gasteiger partial charge in [0.05, 0.1) is 5.70 Å². The van der Waals surface area contributed by atoms with Gasteiger partial charge in [0, 0.05) is 38.4 Å². The van der Waals surface area contributed by atoms with Gasteiger partial charge in [-0.3, -0.25) is 9.89 Å². The highest BCUT2D eigenvalue weighted by Gasteiger charge is 2.21. The Kier molecular flexibility index (Phi) is 9.52. The summed E-state index contributed by atoms with van der Waals surface area (Å²) >= 11 is 0. The SMILES string of the molecule is C=C/C=C(/CN1CCN(C)CC1C)N=CC.CC. The third-order valence-electron chi connectivity index (χ3n) is 2.94. The molecule has 0 aromatic heterocycles. The number of likely N-dealkylation sites (N-methyl/N-ethyl adjacent to an activating group) is 1. The second-order valence-corrected chi connectivity index (χ2v) is 4.36. The average molecular weight is 251 g/mol. The standard InChI is InChI=1S/C13H23N3.C2H6/c1-5-7-13(14-6-2)11-16-9-8-15(4)10-12(16)3;1-2/h5-7,12H,1,8-11H2,2-4H3;1-2H3/b13-7-,14-6?;. The van der Waals surface area contributed by atoms with Crippen LogP contribution >= 0.6 is 0 Å². The quantitative estimate of drug-likeness (QED) is 0.565. The molecule has 0 N–H and O–H groups in total. The van der Waals surface area contributed by atoms with Gasteiger partial charge in [-0.15, -0.1) is 0 Å². The van der Waals surface area contributed by atoms with Crippen LogP contribution < -0.4 is 0 Å². The third-order valence-corrected chi connectivity index (χ3v) is 2.94. The van der Waals surface area contributed by atoms with E-state index in [4.69, 9.17) is 0 Å². The zero-order chi connectivity index (χ0) is 14.0. The molecule has 1 aliphatic heterocycles. The summed E-state index contributed by atoms with van der Waals surface area (Å²) in [5.74, 6) is 0. The predicted molar refractivity (Wildman–Crippen MR) is 82.3 cm³/mol. The molecule has 1 unspecified atom stereocenters. The smallest absolute Gasteiger partial charge is 0.0539 e. The summed E-state index contributed by atoms with van der Waals surface area (Å²) in [5, 5.41) is 0. The maximum atomic E-state index is 4.37. The molecule has 0 aliphatic carbocycles. The van der Waals surface area contributed by atoms with E-state index in [0.29, 0.717) is 6.04 Å². The number of nitrogens with zero attached hydrogens (tertiary/aromatic N) is 3. The van der Waals surface area contributed by atoms with Gasteiger partial charge in [0.25, 0.3) is 0 Å². The third kappa shape index (κ3) is 6.12. The van der Waals surface area contributed by atoms with Gasteiger partial charge in [0.1, 0.15) is 0 Å². The number of hydrogen-bond acceptors (Lipinski definition) is 3. The van der Waals surface area contributed by atoms with Crippen molar-refractivity contribution in [3.8, 4) is 0 Å². The zero-order valence-corrected chi connectivity index (χ0v) is 12.7. The fourth-order valence-corrected chi connectivity index (χ4v) is 2.06. The maximum absolute atomic E-state index is 4.37. The minimum atomic E-state index is 0.596. The molecular weight excluding hydrogens is 222 g/mol. The lowest BCUT2D eigenvalue weighted by Gasteiger charge is -2.38. The summed E-state index contributed by atoms with van der Waals surface area (Å²) in [6.45, 7) is 16.3. The summed E-state index contributed by atoms with van der Waals surface area (Å²) in [4.78, 5) is 9.22. The molecule has 0 radical (unpaired) electrons. The largest absolute Gasteiger partial charge is 0.304 e. The van der Waals surface area contributed by atoms with Crippen LogP contribution in [0.3, 0.4) is 0 Å². The second kappa shape index (κ2) is 10.0. The van der Waals surface area contributed by atoms with Crippen molar-refractivity contribution >= 4 is 6.21 Å². The van der Waals surface area contributed by atoms with E-state index in [1.54, 1.807) is 0 Å². The highest BCUT2D eigenvalue weighted by molar-refractivity contribution is 5.55. The first kappa shape index (κ1) is 17.1. The Morgan fingerprint density at radius 1 is 1.39 bits per heavy atom. The van der Waals surface area contributed by atoms with Gasteiger partial charge in [0.2, 0.25) is 0 Å². The fourth-order valence-electron chi connectivity index (χ4n) is 2.06. The highest BCUT2D eigenvalue weighted by atomic mass is 15.3. The molecule has 18 heavy (non-hydrogen) atoms. The lowest BCUT2D eigenvalue weighted by Crippen LogP contribution is -2.50. The van der Waals surface area contributed by atoms with Crippen molar-refractivity contribution in [3.63, 3.8) is 0 Å². The van der Waals surface area contributed by atoms with Gasteiger partial charge < -0.3 is 4.90 Å². The molecule has 0 amide bonds. The van der Waals surface area contributed by atoms with Crippen LogP contribution in [0.1, 0.15) is 27.7 Å². The number of allylic oxidation sites excluding steroid dienone is 2. The van der Waals surface area contributed by atoms with Crippen molar-refractivity contribution in [1.29, 1.82) is 0 Å². The van der Waals surface area contributed by atoms with Crippen LogP contribution in [0.25, 0.3) is 0 Å². The minimum Gasteiger partial charge on any atom is -0.304 e. The van der Waals surface area contributed by atoms with E-state index in [2.05, 4.69) is 35.3 Å². The first-order chi connectivity index (χ1) is 8.67. The van der Waals surface area contributed by atoms with Crippen molar-refractivity contribution in [2.24, 2.45) is 4.99 Å². The first-order valence-electron chi connectivity index (χ1n) is 6.90. The van der Waals surface area contributed by atoms with Crippen LogP contribution in [0.2, 0.25) is 0 Å². The predicted octanol–water partition coefficient (Wildman–Crippen LogP) is 2.81. The molecule has 104 valence electrons. The van der Waals surface area contributed by atoms with E-state index in [1.807, 2.05) is 39.1 Å². The van der Waals surface area contributed by atoms with E-state index < -0.39 is 0 Å². The van der Waals surface area contributed by atoms with E-state index in [0.717, 1.165) is 31.9 Å². The van der Waals surface area contributed by atoms with E-state index in [-0.39, 0.29) is 0 Å². The van der Waals surface area contributed by atoms with Crippen LogP contribution in [0.15, 0.2) is 29.4 Å². The first-order valence-corrected chi connectivity index (χ1v) is 6.90. The average Bonchev–Trinajstić information content (AvgIpc) is 2.36. The van der Waals surface area contributed by atoms with Crippen LogP contribution in [0, 0.1) is 0 Å². The molecular formula is C15H29N3. The Labute approximate surface area is 113 Å². The van der Waals surface area contributed by atoms with Gasteiger partial charge >= 0.3 is 0 Å². The van der Waals surface area contributed by atoms with Gasteiger partial charge in [0.15, 0.2) is 0 Å². The summed E-state index contributed by atoms with van der Waals surface area (Å²) in [7, 11) is 2.18. The Morgan fingerprint density at radius 3 is 2.56 bits per heavy atom. The molecule has 3 heteroatoms. The van der Waals surface area contributed by atoms with E-state index in [1.165, 1.54) is 0 Å². The lowest BCUT2D eigenvalue weighted by atomic mass is 10.2. The van der Waals surface area contributed by atoms with Crippen LogP contribution in [-0.4, -0.2) is 55.3 Å². The normalized spacial score (nSPS) is 22.7. The van der Waals surface area contributed by atoms with Gasteiger partial charge in [-0.2, -0.15) is 0 Å². The molecule has 3 nitrogen and oxygen atoms in total. The van der Waals surface area contributed by atoms with Crippen LogP contribution in [0.4, 0.5) is 0 Å². The van der Waals surface area contributed by atoms with Crippen molar-refractivity contribution in [2.75, 3.05) is 33.2 Å². The highest BCUT2D eigenvalue weighted by Crippen LogP contribution is 2.11.